The highest BCUT2D eigenvalue weighted by atomic mass is 35.5. The number of hydrogen-bond acceptors (Lipinski definition) is 4. The average Bonchev–Trinajstić information content (AvgIpc) is 2.73. The highest BCUT2D eigenvalue weighted by molar-refractivity contribution is 7.18. The molecule has 0 radical (unpaired) electrons. The molecule has 86 valence electrons. The van der Waals surface area contributed by atoms with Gasteiger partial charge >= 0.3 is 0 Å². The average molecular weight is 256 g/mol. The molecule has 1 atom stereocenters. The highest BCUT2D eigenvalue weighted by Crippen LogP contribution is 2.28. The second-order valence-corrected chi connectivity index (χ2v) is 5.13. The predicted octanol–water partition coefficient (Wildman–Crippen LogP) is 3.29. The summed E-state index contributed by atoms with van der Waals surface area (Å²) in [6, 6.07) is 2.37. The third kappa shape index (κ3) is 2.28. The number of aryl methyl sites for hydroxylation is 1. The summed E-state index contributed by atoms with van der Waals surface area (Å²) >= 11 is 7.50. The molecule has 0 amide bonds. The van der Waals surface area contributed by atoms with Crippen LogP contribution < -0.4 is 5.32 Å². The van der Waals surface area contributed by atoms with Gasteiger partial charge in [-0.1, -0.05) is 6.92 Å². The van der Waals surface area contributed by atoms with Gasteiger partial charge in [0.2, 0.25) is 0 Å². The topological polar surface area (TPSA) is 37.8 Å². The zero-order chi connectivity index (χ0) is 11.5. The van der Waals surface area contributed by atoms with Gasteiger partial charge in [-0.05, 0) is 19.4 Å². The van der Waals surface area contributed by atoms with E-state index in [-0.39, 0.29) is 6.04 Å². The molecule has 2 aromatic heterocycles. The van der Waals surface area contributed by atoms with E-state index in [0.29, 0.717) is 5.88 Å². The van der Waals surface area contributed by atoms with Crippen molar-refractivity contribution in [2.24, 2.45) is 0 Å². The number of thiophene rings is 1. The van der Waals surface area contributed by atoms with Crippen LogP contribution in [0, 0.1) is 0 Å². The summed E-state index contributed by atoms with van der Waals surface area (Å²) in [7, 11) is 0. The Morgan fingerprint density at radius 1 is 1.50 bits per heavy atom. The number of halogens is 1. The van der Waals surface area contributed by atoms with Crippen LogP contribution in [0.1, 0.15) is 18.7 Å². The van der Waals surface area contributed by atoms with E-state index in [1.165, 1.54) is 4.88 Å². The SMILES string of the molecule is CCc1cc2c(NC(C)CCl)ncnc2s1. The second-order valence-electron chi connectivity index (χ2n) is 3.71. The van der Waals surface area contributed by atoms with Crippen LogP contribution in [-0.2, 0) is 6.42 Å². The van der Waals surface area contributed by atoms with Gasteiger partial charge in [-0.25, -0.2) is 9.97 Å². The molecule has 0 fully saturated rings. The van der Waals surface area contributed by atoms with Crippen LogP contribution in [0.3, 0.4) is 0 Å². The first kappa shape index (κ1) is 11.6. The molecule has 1 unspecified atom stereocenters. The number of fused-ring (bicyclic) bond motifs is 1. The maximum Gasteiger partial charge on any atom is 0.138 e. The Kier molecular flexibility index (Phi) is 3.61. The summed E-state index contributed by atoms with van der Waals surface area (Å²) in [6.45, 7) is 4.18. The van der Waals surface area contributed by atoms with Crippen molar-refractivity contribution in [2.45, 2.75) is 26.3 Å². The lowest BCUT2D eigenvalue weighted by Gasteiger charge is -2.11. The van der Waals surface area contributed by atoms with Crippen molar-refractivity contribution in [3.63, 3.8) is 0 Å². The van der Waals surface area contributed by atoms with Crippen LogP contribution in [0.25, 0.3) is 10.2 Å². The lowest BCUT2D eigenvalue weighted by molar-refractivity contribution is 0.898. The zero-order valence-corrected chi connectivity index (χ0v) is 10.9. The molecule has 3 nitrogen and oxygen atoms in total. The third-order valence-electron chi connectivity index (χ3n) is 2.34. The molecule has 5 heteroatoms. The summed E-state index contributed by atoms with van der Waals surface area (Å²) in [5.74, 6) is 1.45. The van der Waals surface area contributed by atoms with Gasteiger partial charge in [0, 0.05) is 16.8 Å². The minimum absolute atomic E-state index is 0.213. The van der Waals surface area contributed by atoms with Crippen LogP contribution >= 0.6 is 22.9 Å². The van der Waals surface area contributed by atoms with Gasteiger partial charge in [0.1, 0.15) is 17.0 Å². The van der Waals surface area contributed by atoms with Crippen molar-refractivity contribution in [3.8, 4) is 0 Å². The number of nitrogens with one attached hydrogen (secondary N) is 1. The van der Waals surface area contributed by atoms with Crippen LogP contribution in [0.5, 0.6) is 0 Å². The minimum atomic E-state index is 0.213. The Hall–Kier alpha value is -0.870. The van der Waals surface area contributed by atoms with E-state index in [2.05, 4.69) is 28.3 Å². The first-order chi connectivity index (χ1) is 7.74. The van der Waals surface area contributed by atoms with Gasteiger partial charge in [-0.15, -0.1) is 22.9 Å². The van der Waals surface area contributed by atoms with E-state index in [9.17, 15) is 0 Å². The van der Waals surface area contributed by atoms with Crippen molar-refractivity contribution in [1.82, 2.24) is 9.97 Å². The van der Waals surface area contributed by atoms with E-state index < -0.39 is 0 Å². The highest BCUT2D eigenvalue weighted by Gasteiger charge is 2.09. The molecule has 0 aliphatic heterocycles. The molecule has 0 aromatic carbocycles. The summed E-state index contributed by atoms with van der Waals surface area (Å²) in [6.07, 6.45) is 2.63. The Morgan fingerprint density at radius 3 is 3.00 bits per heavy atom. The third-order valence-corrected chi connectivity index (χ3v) is 3.99. The van der Waals surface area contributed by atoms with Crippen molar-refractivity contribution >= 4 is 39.0 Å². The van der Waals surface area contributed by atoms with Crippen LogP contribution in [0.2, 0.25) is 0 Å². The quantitative estimate of drug-likeness (QED) is 0.852. The standard InChI is InChI=1S/C11H14ClN3S/c1-3-8-4-9-10(15-7(2)5-12)13-6-14-11(9)16-8/h4,6-7H,3,5H2,1-2H3,(H,13,14,15). The van der Waals surface area contributed by atoms with Crippen molar-refractivity contribution in [2.75, 3.05) is 11.2 Å². The van der Waals surface area contributed by atoms with E-state index in [1.54, 1.807) is 17.7 Å². The van der Waals surface area contributed by atoms with Gasteiger partial charge in [-0.2, -0.15) is 0 Å². The first-order valence-corrected chi connectivity index (χ1v) is 6.65. The smallest absolute Gasteiger partial charge is 0.138 e. The van der Waals surface area contributed by atoms with Gasteiger partial charge < -0.3 is 5.32 Å². The first-order valence-electron chi connectivity index (χ1n) is 5.30. The molecule has 2 rings (SSSR count). The minimum Gasteiger partial charge on any atom is -0.366 e. The van der Waals surface area contributed by atoms with E-state index in [1.807, 2.05) is 6.92 Å². The Morgan fingerprint density at radius 2 is 2.31 bits per heavy atom. The molecule has 0 saturated carbocycles. The normalized spacial score (nSPS) is 12.9. The van der Waals surface area contributed by atoms with Crippen molar-refractivity contribution in [1.29, 1.82) is 0 Å². The maximum absolute atomic E-state index is 5.78. The van der Waals surface area contributed by atoms with Crippen LogP contribution in [0.4, 0.5) is 5.82 Å². The lowest BCUT2D eigenvalue weighted by atomic mass is 10.3. The lowest BCUT2D eigenvalue weighted by Crippen LogP contribution is -2.17. The monoisotopic (exact) mass is 255 g/mol. The van der Waals surface area contributed by atoms with E-state index in [4.69, 9.17) is 11.6 Å². The number of anilines is 1. The predicted molar refractivity (Wildman–Crippen MR) is 70.6 cm³/mol. The molecular weight excluding hydrogens is 242 g/mol. The summed E-state index contributed by atoms with van der Waals surface area (Å²) in [4.78, 5) is 10.9. The largest absolute Gasteiger partial charge is 0.366 e. The van der Waals surface area contributed by atoms with Gasteiger partial charge in [0.15, 0.2) is 0 Å². The summed E-state index contributed by atoms with van der Waals surface area (Å²) in [5.41, 5.74) is 0. The van der Waals surface area contributed by atoms with Crippen molar-refractivity contribution < 1.29 is 0 Å². The second kappa shape index (κ2) is 4.97. The van der Waals surface area contributed by atoms with E-state index in [0.717, 1.165) is 22.5 Å². The molecule has 0 aliphatic carbocycles. The number of rotatable bonds is 4. The molecule has 0 bridgehead atoms. The number of aromatic nitrogens is 2. The van der Waals surface area contributed by atoms with Crippen molar-refractivity contribution in [3.05, 3.63) is 17.3 Å². The molecule has 0 aliphatic rings. The molecule has 16 heavy (non-hydrogen) atoms. The molecule has 0 saturated heterocycles. The Balaban J connectivity index is 2.40. The van der Waals surface area contributed by atoms with Gasteiger partial charge in [0.05, 0.1) is 5.39 Å². The van der Waals surface area contributed by atoms with Crippen LogP contribution in [0.15, 0.2) is 12.4 Å². The van der Waals surface area contributed by atoms with E-state index >= 15 is 0 Å². The molecule has 1 N–H and O–H groups in total. The molecule has 2 aromatic rings. The number of hydrogen-bond donors (Lipinski definition) is 1. The van der Waals surface area contributed by atoms with Gasteiger partial charge in [0.25, 0.3) is 0 Å². The molecule has 2 heterocycles. The Labute approximate surface area is 104 Å². The Bertz CT molecular complexity index is 483. The fourth-order valence-corrected chi connectivity index (χ4v) is 2.48. The summed E-state index contributed by atoms with van der Waals surface area (Å²) < 4.78 is 0. The molecule has 0 spiro atoms. The number of alkyl halides is 1. The fourth-order valence-electron chi connectivity index (χ4n) is 1.47. The number of nitrogens with zero attached hydrogens (tertiary/aromatic N) is 2. The van der Waals surface area contributed by atoms with Gasteiger partial charge in [-0.3, -0.25) is 0 Å². The zero-order valence-electron chi connectivity index (χ0n) is 9.33. The fraction of sp³-hybridized carbons (Fsp3) is 0.455. The summed E-state index contributed by atoms with van der Waals surface area (Å²) in [5, 5.41) is 4.39. The van der Waals surface area contributed by atoms with Crippen LogP contribution in [-0.4, -0.2) is 21.9 Å². The maximum atomic E-state index is 5.78. The molecular formula is C11H14ClN3S.